The van der Waals surface area contributed by atoms with Crippen molar-refractivity contribution in [3.63, 3.8) is 0 Å². The predicted molar refractivity (Wildman–Crippen MR) is 134 cm³/mol. The summed E-state index contributed by atoms with van der Waals surface area (Å²) in [5.41, 5.74) is 0.197. The molecule has 0 saturated carbocycles. The highest BCUT2D eigenvalue weighted by Gasteiger charge is 2.53. The lowest BCUT2D eigenvalue weighted by Crippen LogP contribution is -2.67. The third kappa shape index (κ3) is 5.28. The van der Waals surface area contributed by atoms with Crippen LogP contribution in [0.3, 0.4) is 0 Å². The highest BCUT2D eigenvalue weighted by Crippen LogP contribution is 2.41. The van der Waals surface area contributed by atoms with Crippen LogP contribution in [0.1, 0.15) is 51.3 Å². The van der Waals surface area contributed by atoms with Gasteiger partial charge in [0.15, 0.2) is 0 Å². The molecule has 4 rings (SSSR count). The van der Waals surface area contributed by atoms with Gasteiger partial charge in [-0.05, 0) is 45.2 Å². The number of carbonyl (C=O) groups is 3. The molecule has 2 atom stereocenters. The average Bonchev–Trinajstić information content (AvgIpc) is 3.22. The van der Waals surface area contributed by atoms with Crippen molar-refractivity contribution in [1.82, 2.24) is 15.3 Å². The Morgan fingerprint density at radius 1 is 1.06 bits per heavy atom. The van der Waals surface area contributed by atoms with Crippen molar-refractivity contribution >= 4 is 18.0 Å². The van der Waals surface area contributed by atoms with E-state index in [9.17, 15) is 14.4 Å². The van der Waals surface area contributed by atoms with Gasteiger partial charge in [0.05, 0.1) is 18.2 Å². The number of hydrogen-bond donors (Lipinski definition) is 1. The second-order valence-corrected chi connectivity index (χ2v) is 10.1. The van der Waals surface area contributed by atoms with Gasteiger partial charge in [0, 0.05) is 19.2 Å². The molecule has 2 aromatic carbocycles. The van der Waals surface area contributed by atoms with Crippen LogP contribution in [0.25, 0.3) is 0 Å². The first-order valence-electron chi connectivity index (χ1n) is 12.2. The van der Waals surface area contributed by atoms with Gasteiger partial charge in [-0.15, -0.1) is 0 Å². The molecule has 2 amide bonds. The van der Waals surface area contributed by atoms with Crippen LogP contribution in [0.4, 0.5) is 4.79 Å². The summed E-state index contributed by atoms with van der Waals surface area (Å²) in [6.45, 7) is 7.73. The number of nitrogens with one attached hydrogen (secondary N) is 1. The van der Waals surface area contributed by atoms with Crippen molar-refractivity contribution in [2.24, 2.45) is 0 Å². The second kappa shape index (κ2) is 10.1. The zero-order valence-electron chi connectivity index (χ0n) is 21.2. The number of hydrogen-bond acceptors (Lipinski definition) is 6. The molecule has 2 aliphatic rings. The fourth-order valence-corrected chi connectivity index (χ4v) is 4.74. The van der Waals surface area contributed by atoms with Crippen LogP contribution < -0.4 is 5.32 Å². The van der Waals surface area contributed by atoms with E-state index in [1.54, 1.807) is 33.9 Å². The zero-order valence-corrected chi connectivity index (χ0v) is 21.2. The maximum absolute atomic E-state index is 14.2. The number of fused-ring (bicyclic) bond motifs is 1. The predicted octanol–water partition coefficient (Wildman–Crippen LogP) is 4.14. The van der Waals surface area contributed by atoms with Crippen molar-refractivity contribution in [2.75, 3.05) is 13.2 Å². The number of alkyl carbamates (subject to hydrolysis) is 1. The SMILES string of the molecule is CCOC(=O)C1=CN2C(=O)C(Cc3ccccc3)(NC(=O)OC(C)(C)C)CCN2C1c1ccccc1. The molecular weight excluding hydrogens is 458 g/mol. The lowest BCUT2D eigenvalue weighted by Gasteiger charge is -2.46. The van der Waals surface area contributed by atoms with Crippen molar-refractivity contribution in [2.45, 2.75) is 57.7 Å². The number of amides is 2. The summed E-state index contributed by atoms with van der Waals surface area (Å²) >= 11 is 0. The summed E-state index contributed by atoms with van der Waals surface area (Å²) in [4.78, 5) is 40.0. The maximum atomic E-state index is 14.2. The van der Waals surface area contributed by atoms with E-state index in [1.807, 2.05) is 65.7 Å². The Morgan fingerprint density at radius 3 is 2.31 bits per heavy atom. The van der Waals surface area contributed by atoms with Gasteiger partial charge < -0.3 is 14.8 Å². The largest absolute Gasteiger partial charge is 0.463 e. The molecule has 0 radical (unpaired) electrons. The fraction of sp³-hybridized carbons (Fsp3) is 0.393. The summed E-state index contributed by atoms with van der Waals surface area (Å²) in [6.07, 6.45) is 1.51. The van der Waals surface area contributed by atoms with Gasteiger partial charge in [0.25, 0.3) is 5.91 Å². The van der Waals surface area contributed by atoms with Gasteiger partial charge in [0.1, 0.15) is 11.1 Å². The van der Waals surface area contributed by atoms with Crippen LogP contribution in [-0.2, 0) is 25.5 Å². The van der Waals surface area contributed by atoms with E-state index < -0.39 is 29.2 Å². The summed E-state index contributed by atoms with van der Waals surface area (Å²) in [6, 6.07) is 18.6. The first kappa shape index (κ1) is 25.4. The molecule has 8 heteroatoms. The lowest BCUT2D eigenvalue weighted by atomic mass is 9.84. The summed E-state index contributed by atoms with van der Waals surface area (Å²) < 4.78 is 10.8. The molecule has 2 aromatic rings. The molecule has 0 aromatic heterocycles. The number of nitrogens with zero attached hydrogens (tertiary/aromatic N) is 2. The van der Waals surface area contributed by atoms with E-state index in [0.29, 0.717) is 18.5 Å². The Labute approximate surface area is 211 Å². The smallest absolute Gasteiger partial charge is 0.408 e. The molecule has 0 bridgehead atoms. The molecule has 190 valence electrons. The number of rotatable bonds is 6. The van der Waals surface area contributed by atoms with Crippen LogP contribution in [0.15, 0.2) is 72.4 Å². The minimum absolute atomic E-state index is 0.226. The molecule has 2 aliphatic heterocycles. The second-order valence-electron chi connectivity index (χ2n) is 10.1. The first-order chi connectivity index (χ1) is 17.1. The Balaban J connectivity index is 1.72. The number of ether oxygens (including phenoxy) is 2. The summed E-state index contributed by atoms with van der Waals surface area (Å²) in [5, 5.41) is 6.23. The van der Waals surface area contributed by atoms with Crippen LogP contribution in [0, 0.1) is 0 Å². The third-order valence-electron chi connectivity index (χ3n) is 6.23. The van der Waals surface area contributed by atoms with Crippen molar-refractivity contribution in [3.8, 4) is 0 Å². The number of esters is 1. The number of hydrazine groups is 1. The first-order valence-corrected chi connectivity index (χ1v) is 12.2. The van der Waals surface area contributed by atoms with E-state index in [4.69, 9.17) is 9.47 Å². The Hall–Kier alpha value is -3.65. The van der Waals surface area contributed by atoms with E-state index in [0.717, 1.165) is 11.1 Å². The molecule has 8 nitrogen and oxygen atoms in total. The maximum Gasteiger partial charge on any atom is 0.408 e. The number of carbonyl (C=O) groups excluding carboxylic acids is 3. The van der Waals surface area contributed by atoms with Gasteiger partial charge in [0.2, 0.25) is 0 Å². The van der Waals surface area contributed by atoms with Crippen LogP contribution >= 0.6 is 0 Å². The van der Waals surface area contributed by atoms with E-state index in [1.165, 1.54) is 5.01 Å². The molecule has 36 heavy (non-hydrogen) atoms. The number of benzene rings is 2. The van der Waals surface area contributed by atoms with Crippen LogP contribution in [0.2, 0.25) is 0 Å². The highest BCUT2D eigenvalue weighted by atomic mass is 16.6. The molecule has 1 fully saturated rings. The minimum Gasteiger partial charge on any atom is -0.463 e. The van der Waals surface area contributed by atoms with E-state index >= 15 is 0 Å². The molecule has 0 spiro atoms. The molecule has 1 N–H and O–H groups in total. The molecule has 2 unspecified atom stereocenters. The van der Waals surface area contributed by atoms with Gasteiger partial charge in [-0.25, -0.2) is 19.6 Å². The Morgan fingerprint density at radius 2 is 1.69 bits per heavy atom. The van der Waals surface area contributed by atoms with Gasteiger partial charge in [-0.1, -0.05) is 60.7 Å². The van der Waals surface area contributed by atoms with Gasteiger partial charge >= 0.3 is 12.1 Å². The van der Waals surface area contributed by atoms with Crippen LogP contribution in [-0.4, -0.2) is 52.3 Å². The van der Waals surface area contributed by atoms with Gasteiger partial charge in [-0.2, -0.15) is 0 Å². The third-order valence-corrected chi connectivity index (χ3v) is 6.23. The average molecular weight is 492 g/mol. The van der Waals surface area contributed by atoms with Crippen molar-refractivity contribution < 1.29 is 23.9 Å². The molecule has 2 heterocycles. The lowest BCUT2D eigenvalue weighted by molar-refractivity contribution is -0.159. The molecule has 1 saturated heterocycles. The summed E-state index contributed by atoms with van der Waals surface area (Å²) in [5.74, 6) is -0.800. The van der Waals surface area contributed by atoms with Crippen molar-refractivity contribution in [1.29, 1.82) is 0 Å². The Bertz CT molecular complexity index is 1140. The van der Waals surface area contributed by atoms with Crippen LogP contribution in [0.5, 0.6) is 0 Å². The normalized spacial score (nSPS) is 22.0. The van der Waals surface area contributed by atoms with E-state index in [2.05, 4.69) is 5.32 Å². The van der Waals surface area contributed by atoms with E-state index in [-0.39, 0.29) is 18.9 Å². The monoisotopic (exact) mass is 491 g/mol. The summed E-state index contributed by atoms with van der Waals surface area (Å²) in [7, 11) is 0. The van der Waals surface area contributed by atoms with Gasteiger partial charge in [-0.3, -0.25) is 4.79 Å². The fourth-order valence-electron chi connectivity index (χ4n) is 4.74. The minimum atomic E-state index is -1.25. The highest BCUT2D eigenvalue weighted by molar-refractivity contribution is 5.96. The quantitative estimate of drug-likeness (QED) is 0.611. The zero-order chi connectivity index (χ0) is 25.9. The Kier molecular flexibility index (Phi) is 7.17. The molecular formula is C28H33N3O5. The topological polar surface area (TPSA) is 88.2 Å². The standard InChI is InChI=1S/C28H33N3O5/c1-5-35-24(32)22-19-31-25(33)28(18-20-12-8-6-9-13-20,29-26(34)36-27(2,3)4)16-17-30(31)23(22)21-14-10-7-11-15-21/h6-15,19,23H,5,16-18H2,1-4H3,(H,29,34). The van der Waals surface area contributed by atoms with Crippen molar-refractivity contribution in [3.05, 3.63) is 83.6 Å². The molecule has 0 aliphatic carbocycles.